The van der Waals surface area contributed by atoms with Crippen molar-refractivity contribution in [3.8, 4) is 5.75 Å². The third kappa shape index (κ3) is 4.56. The van der Waals surface area contributed by atoms with Crippen LogP contribution in [0.15, 0.2) is 66.7 Å². The van der Waals surface area contributed by atoms with Gasteiger partial charge in [0.25, 0.3) is 6.41 Å². The number of anilines is 3. The zero-order chi connectivity index (χ0) is 25.2. The fraction of sp³-hybridized carbons (Fsp3) is 0.379. The number of hydrogen-bond acceptors (Lipinski definition) is 6. The second-order valence-corrected chi connectivity index (χ2v) is 9.27. The molecule has 0 saturated carbocycles. The molecular formula is C29H38N4O2. The summed E-state index contributed by atoms with van der Waals surface area (Å²) in [5.41, 5.74) is 5.70. The smallest absolute Gasteiger partial charge is 0.260 e. The minimum absolute atomic E-state index is 0.600. The van der Waals surface area contributed by atoms with E-state index in [-0.39, 0.29) is 0 Å². The van der Waals surface area contributed by atoms with Gasteiger partial charge in [0.15, 0.2) is 5.60 Å². The lowest BCUT2D eigenvalue weighted by molar-refractivity contribution is -0.175. The van der Waals surface area contributed by atoms with Crippen molar-refractivity contribution < 1.29 is 9.47 Å². The molecule has 0 spiro atoms. The number of ether oxygens (including phenoxy) is 2. The maximum Gasteiger partial charge on any atom is 0.260 e. The summed E-state index contributed by atoms with van der Waals surface area (Å²) in [6.07, 6.45) is -0.600. The third-order valence-electron chi connectivity index (χ3n) is 6.81. The lowest BCUT2D eigenvalue weighted by Gasteiger charge is -2.43. The molecule has 3 aromatic carbocycles. The maximum atomic E-state index is 6.80. The molecule has 0 bridgehead atoms. The molecule has 1 unspecified atom stereocenters. The molecule has 1 atom stereocenters. The van der Waals surface area contributed by atoms with Gasteiger partial charge in [-0.2, -0.15) is 0 Å². The van der Waals surface area contributed by atoms with Gasteiger partial charge in [0.1, 0.15) is 5.75 Å². The van der Waals surface area contributed by atoms with Crippen molar-refractivity contribution in [2.24, 2.45) is 0 Å². The van der Waals surface area contributed by atoms with Gasteiger partial charge < -0.3 is 24.2 Å². The van der Waals surface area contributed by atoms with Gasteiger partial charge in [-0.1, -0.05) is 24.3 Å². The molecule has 0 aliphatic carbocycles. The van der Waals surface area contributed by atoms with Crippen LogP contribution in [0.2, 0.25) is 0 Å². The van der Waals surface area contributed by atoms with E-state index >= 15 is 0 Å². The van der Waals surface area contributed by atoms with E-state index in [2.05, 4.69) is 129 Å². The first kappa shape index (κ1) is 24.9. The van der Waals surface area contributed by atoms with E-state index in [1.54, 1.807) is 0 Å². The highest BCUT2D eigenvalue weighted by atomic mass is 16.7. The highest BCUT2D eigenvalue weighted by Crippen LogP contribution is 2.49. The number of fused-ring (bicyclic) bond motifs is 1. The molecule has 0 amide bonds. The highest BCUT2D eigenvalue weighted by molar-refractivity contribution is 5.62. The van der Waals surface area contributed by atoms with E-state index < -0.39 is 12.0 Å². The molecule has 6 heteroatoms. The zero-order valence-corrected chi connectivity index (χ0v) is 22.0. The molecule has 4 rings (SSSR count). The molecule has 0 saturated heterocycles. The normalized spacial score (nSPS) is 16.3. The van der Waals surface area contributed by atoms with E-state index in [0.29, 0.717) is 0 Å². The predicted molar refractivity (Wildman–Crippen MR) is 146 cm³/mol. The Morgan fingerprint density at radius 3 is 1.66 bits per heavy atom. The summed E-state index contributed by atoms with van der Waals surface area (Å²) in [7, 11) is 10.1. The van der Waals surface area contributed by atoms with Gasteiger partial charge in [-0.25, -0.2) is 0 Å². The Morgan fingerprint density at radius 1 is 0.743 bits per heavy atom. The quantitative estimate of drug-likeness (QED) is 0.502. The zero-order valence-electron chi connectivity index (χ0n) is 22.0. The first-order valence-electron chi connectivity index (χ1n) is 12.3. The molecule has 35 heavy (non-hydrogen) atoms. The second kappa shape index (κ2) is 10.2. The molecule has 186 valence electrons. The monoisotopic (exact) mass is 474 g/mol. The number of nitrogens with zero attached hydrogens (tertiary/aromatic N) is 3. The summed E-state index contributed by atoms with van der Waals surface area (Å²) in [6.45, 7) is 6.22. The SMILES string of the molecule is CCN(CC)c1ccc2c(c1)OC(NC)OC2(c1ccc(N(C)C)cc1)c1ccc(N(C)C)cc1. The Labute approximate surface area is 210 Å². The van der Waals surface area contributed by atoms with Crippen molar-refractivity contribution in [3.05, 3.63) is 83.4 Å². The maximum absolute atomic E-state index is 6.80. The van der Waals surface area contributed by atoms with Crippen molar-refractivity contribution in [3.63, 3.8) is 0 Å². The molecule has 0 radical (unpaired) electrons. The van der Waals surface area contributed by atoms with Crippen molar-refractivity contribution in [2.75, 3.05) is 63.0 Å². The van der Waals surface area contributed by atoms with E-state index in [1.165, 1.54) is 0 Å². The summed E-state index contributed by atoms with van der Waals surface area (Å²) in [5, 5.41) is 3.20. The summed E-state index contributed by atoms with van der Waals surface area (Å²) in [5.74, 6) is 0.827. The highest BCUT2D eigenvalue weighted by Gasteiger charge is 2.46. The minimum atomic E-state index is -0.835. The molecule has 1 aliphatic rings. The second-order valence-electron chi connectivity index (χ2n) is 9.27. The van der Waals surface area contributed by atoms with Crippen LogP contribution in [-0.2, 0) is 10.3 Å². The van der Waals surface area contributed by atoms with Gasteiger partial charge in [-0.3, -0.25) is 5.32 Å². The molecule has 1 N–H and O–H groups in total. The van der Waals surface area contributed by atoms with Gasteiger partial charge >= 0.3 is 0 Å². The number of nitrogens with one attached hydrogen (secondary N) is 1. The summed E-state index contributed by atoms with van der Waals surface area (Å²) < 4.78 is 13.1. The standard InChI is InChI=1S/C29H38N4O2/c1-8-33(9-2)25-18-19-26-27(20-25)34-28(30-3)35-29(26,21-10-14-23(15-11-21)31(4)5)22-12-16-24(17-13-22)32(6)7/h10-20,28,30H,8-9H2,1-7H3. The van der Waals surface area contributed by atoms with Crippen LogP contribution in [0.1, 0.15) is 30.5 Å². The van der Waals surface area contributed by atoms with Crippen LogP contribution in [0.4, 0.5) is 17.1 Å². The molecular weight excluding hydrogens is 436 g/mol. The fourth-order valence-corrected chi connectivity index (χ4v) is 4.77. The average Bonchev–Trinajstić information content (AvgIpc) is 2.88. The van der Waals surface area contributed by atoms with Gasteiger partial charge in [-0.15, -0.1) is 0 Å². The van der Waals surface area contributed by atoms with Crippen LogP contribution < -0.4 is 24.8 Å². The van der Waals surface area contributed by atoms with Crippen LogP contribution in [0.3, 0.4) is 0 Å². The number of hydrogen-bond donors (Lipinski definition) is 1. The van der Waals surface area contributed by atoms with E-state index in [4.69, 9.17) is 9.47 Å². The summed E-state index contributed by atoms with van der Waals surface area (Å²) >= 11 is 0. The lowest BCUT2D eigenvalue weighted by Crippen LogP contribution is -2.48. The van der Waals surface area contributed by atoms with Gasteiger partial charge in [0.2, 0.25) is 0 Å². The van der Waals surface area contributed by atoms with E-state index in [1.807, 2.05) is 7.05 Å². The first-order valence-corrected chi connectivity index (χ1v) is 12.3. The first-order chi connectivity index (χ1) is 16.8. The van der Waals surface area contributed by atoms with E-state index in [0.717, 1.165) is 52.6 Å². The molecule has 3 aromatic rings. The molecule has 0 aromatic heterocycles. The molecule has 6 nitrogen and oxygen atoms in total. The van der Waals surface area contributed by atoms with Crippen molar-refractivity contribution in [2.45, 2.75) is 25.9 Å². The topological polar surface area (TPSA) is 40.2 Å². The van der Waals surface area contributed by atoms with Crippen LogP contribution in [0.5, 0.6) is 5.75 Å². The van der Waals surface area contributed by atoms with Crippen LogP contribution in [-0.4, -0.2) is 54.7 Å². The number of benzene rings is 3. The van der Waals surface area contributed by atoms with Crippen molar-refractivity contribution >= 4 is 17.1 Å². The average molecular weight is 475 g/mol. The predicted octanol–water partition coefficient (Wildman–Crippen LogP) is 4.87. The molecule has 1 aliphatic heterocycles. The minimum Gasteiger partial charge on any atom is -0.451 e. The Bertz CT molecular complexity index is 1070. The Hall–Kier alpha value is -3.22. The summed E-state index contributed by atoms with van der Waals surface area (Å²) in [4.78, 5) is 6.54. The number of rotatable bonds is 8. The van der Waals surface area contributed by atoms with Crippen LogP contribution in [0.25, 0.3) is 0 Å². The van der Waals surface area contributed by atoms with Gasteiger partial charge in [-0.05, 0) is 68.4 Å². The Balaban J connectivity index is 1.96. The Morgan fingerprint density at radius 2 is 1.23 bits per heavy atom. The summed E-state index contributed by atoms with van der Waals surface area (Å²) in [6, 6.07) is 23.7. The third-order valence-corrected chi connectivity index (χ3v) is 6.81. The largest absolute Gasteiger partial charge is 0.451 e. The Kier molecular flexibility index (Phi) is 7.24. The molecule has 1 heterocycles. The van der Waals surface area contributed by atoms with Crippen LogP contribution >= 0.6 is 0 Å². The van der Waals surface area contributed by atoms with E-state index in [9.17, 15) is 0 Å². The van der Waals surface area contributed by atoms with Gasteiger partial charge in [0, 0.05) is 70.0 Å². The fourth-order valence-electron chi connectivity index (χ4n) is 4.77. The lowest BCUT2D eigenvalue weighted by atomic mass is 9.78. The van der Waals surface area contributed by atoms with Crippen molar-refractivity contribution in [1.82, 2.24) is 5.32 Å². The van der Waals surface area contributed by atoms with Gasteiger partial charge in [0.05, 0.1) is 0 Å². The molecule has 0 fully saturated rings. The van der Waals surface area contributed by atoms with Crippen molar-refractivity contribution in [1.29, 1.82) is 0 Å². The van der Waals surface area contributed by atoms with Crippen LogP contribution in [0, 0.1) is 0 Å².